The second-order valence-electron chi connectivity index (χ2n) is 8.72. The topological polar surface area (TPSA) is 98.3 Å². The third-order valence-electron chi connectivity index (χ3n) is 5.70. The minimum Gasteiger partial charge on any atom is -0.493 e. The highest BCUT2D eigenvalue weighted by molar-refractivity contribution is 6.30. The highest BCUT2D eigenvalue weighted by atomic mass is 35.5. The molecule has 8 nitrogen and oxygen atoms in total. The molecule has 4 aromatic rings. The lowest BCUT2D eigenvalue weighted by Crippen LogP contribution is -2.20. The molecule has 0 saturated heterocycles. The lowest BCUT2D eigenvalue weighted by Gasteiger charge is -2.12. The molecule has 40 heavy (non-hydrogen) atoms. The van der Waals surface area contributed by atoms with Crippen LogP contribution in [0.4, 0.5) is 5.69 Å². The van der Waals surface area contributed by atoms with Crippen molar-refractivity contribution in [1.29, 1.82) is 0 Å². The Labute approximate surface area is 237 Å². The van der Waals surface area contributed by atoms with Crippen LogP contribution < -0.4 is 25.0 Å². The van der Waals surface area contributed by atoms with Gasteiger partial charge in [0, 0.05) is 21.8 Å². The predicted molar refractivity (Wildman–Crippen MR) is 156 cm³/mol. The van der Waals surface area contributed by atoms with Crippen LogP contribution >= 0.6 is 11.6 Å². The van der Waals surface area contributed by atoms with E-state index in [0.717, 1.165) is 11.1 Å². The maximum Gasteiger partial charge on any atom is 0.271 e. The van der Waals surface area contributed by atoms with Gasteiger partial charge in [-0.15, -0.1) is 0 Å². The van der Waals surface area contributed by atoms with Crippen LogP contribution in [0.15, 0.2) is 96.1 Å². The number of hydrazone groups is 1. The Morgan fingerprint density at radius 1 is 0.875 bits per heavy atom. The summed E-state index contributed by atoms with van der Waals surface area (Å²) in [5, 5.41) is 7.26. The van der Waals surface area contributed by atoms with Gasteiger partial charge in [0.15, 0.2) is 18.1 Å². The van der Waals surface area contributed by atoms with Crippen molar-refractivity contribution in [3.05, 3.63) is 118 Å². The number of nitrogens with zero attached hydrogens (tertiary/aromatic N) is 1. The molecule has 0 bridgehead atoms. The largest absolute Gasteiger partial charge is 0.493 e. The number of benzene rings is 4. The van der Waals surface area contributed by atoms with Crippen molar-refractivity contribution in [3.8, 4) is 17.2 Å². The van der Waals surface area contributed by atoms with E-state index in [4.69, 9.17) is 25.8 Å². The van der Waals surface area contributed by atoms with E-state index in [1.807, 2.05) is 61.5 Å². The summed E-state index contributed by atoms with van der Waals surface area (Å²) in [6.45, 7) is 2.11. The van der Waals surface area contributed by atoms with Crippen molar-refractivity contribution in [2.45, 2.75) is 13.5 Å². The number of carbonyl (C=O) groups excluding carboxylic acids is 2. The first kappa shape index (κ1) is 28.2. The number of hydrogen-bond acceptors (Lipinski definition) is 6. The van der Waals surface area contributed by atoms with Crippen molar-refractivity contribution in [3.63, 3.8) is 0 Å². The number of halogens is 1. The molecule has 0 radical (unpaired) electrons. The molecule has 2 N–H and O–H groups in total. The van der Waals surface area contributed by atoms with Crippen molar-refractivity contribution in [2.24, 2.45) is 5.10 Å². The molecule has 4 rings (SSSR count). The van der Waals surface area contributed by atoms with E-state index in [-0.39, 0.29) is 12.5 Å². The molecule has 4 aromatic carbocycles. The number of methoxy groups -OCH3 is 1. The molecule has 0 aliphatic heterocycles. The number of carbonyl (C=O) groups is 2. The number of nitrogens with one attached hydrogen (secondary N) is 2. The number of anilines is 1. The van der Waals surface area contributed by atoms with Gasteiger partial charge in [0.05, 0.1) is 13.3 Å². The van der Waals surface area contributed by atoms with E-state index < -0.39 is 5.91 Å². The molecular formula is C31H28ClN3O5. The molecule has 0 aliphatic rings. The molecule has 0 spiro atoms. The maximum atomic E-state index is 12.7. The lowest BCUT2D eigenvalue weighted by molar-refractivity contribution is -0.118. The third kappa shape index (κ3) is 8.09. The van der Waals surface area contributed by atoms with Crippen molar-refractivity contribution in [2.75, 3.05) is 19.0 Å². The second kappa shape index (κ2) is 13.8. The summed E-state index contributed by atoms with van der Waals surface area (Å²) in [7, 11) is 1.51. The molecule has 0 aromatic heterocycles. The summed E-state index contributed by atoms with van der Waals surface area (Å²) in [4.78, 5) is 25.1. The molecule has 0 aliphatic carbocycles. The minimum absolute atomic E-state index is 0.221. The fourth-order valence-electron chi connectivity index (χ4n) is 3.62. The zero-order valence-corrected chi connectivity index (χ0v) is 22.8. The quantitative estimate of drug-likeness (QED) is 0.174. The van der Waals surface area contributed by atoms with E-state index in [9.17, 15) is 9.59 Å². The predicted octanol–water partition coefficient (Wildman–Crippen LogP) is 6.02. The number of aryl methyl sites for hydroxylation is 1. The first-order valence-electron chi connectivity index (χ1n) is 12.4. The van der Waals surface area contributed by atoms with Gasteiger partial charge < -0.3 is 19.5 Å². The Morgan fingerprint density at radius 3 is 2.38 bits per heavy atom. The van der Waals surface area contributed by atoms with E-state index in [1.54, 1.807) is 36.4 Å². The van der Waals surface area contributed by atoms with Crippen LogP contribution in [-0.4, -0.2) is 31.7 Å². The summed E-state index contributed by atoms with van der Waals surface area (Å²) in [6, 6.07) is 26.9. The Balaban J connectivity index is 1.35. The van der Waals surface area contributed by atoms with Gasteiger partial charge in [0.1, 0.15) is 12.4 Å². The monoisotopic (exact) mass is 557 g/mol. The summed E-state index contributed by atoms with van der Waals surface area (Å²) >= 11 is 6.14. The zero-order chi connectivity index (χ0) is 28.3. The summed E-state index contributed by atoms with van der Waals surface area (Å²) < 4.78 is 16.9. The normalized spacial score (nSPS) is 10.7. The Bertz CT molecular complexity index is 1490. The van der Waals surface area contributed by atoms with Gasteiger partial charge in [-0.25, -0.2) is 5.43 Å². The second-order valence-corrected chi connectivity index (χ2v) is 9.16. The van der Waals surface area contributed by atoms with E-state index in [0.29, 0.717) is 45.7 Å². The standard InChI is InChI=1S/C31H28ClN3O5/c1-21-8-12-26(13-9-21)34-30(36)20-40-27-15-11-25(32)16-24(27)18-33-35-31(37)23-10-14-28(29(17-23)38-2)39-19-22-6-4-3-5-7-22/h3-18H,19-20H2,1-2H3,(H,34,36)(H,35,37)/b33-18+. The van der Waals surface area contributed by atoms with Gasteiger partial charge in [-0.1, -0.05) is 59.6 Å². The highest BCUT2D eigenvalue weighted by Gasteiger charge is 2.12. The first-order valence-corrected chi connectivity index (χ1v) is 12.8. The molecule has 2 amide bonds. The van der Waals surface area contributed by atoms with Gasteiger partial charge >= 0.3 is 0 Å². The molecule has 204 valence electrons. The number of ether oxygens (including phenoxy) is 3. The van der Waals surface area contributed by atoms with Gasteiger partial charge in [0.2, 0.25) is 0 Å². The van der Waals surface area contributed by atoms with Crippen molar-refractivity contribution >= 4 is 35.3 Å². The Hall–Kier alpha value is -4.82. The van der Waals surface area contributed by atoms with Crippen LogP contribution in [-0.2, 0) is 11.4 Å². The third-order valence-corrected chi connectivity index (χ3v) is 5.93. The van der Waals surface area contributed by atoms with Gasteiger partial charge in [-0.3, -0.25) is 9.59 Å². The number of rotatable bonds is 11. The minimum atomic E-state index is -0.453. The number of amides is 2. The average molecular weight is 558 g/mol. The van der Waals surface area contributed by atoms with E-state index in [1.165, 1.54) is 13.3 Å². The summed E-state index contributed by atoms with van der Waals surface area (Å²) in [6.07, 6.45) is 1.39. The molecule has 0 unspecified atom stereocenters. The van der Waals surface area contributed by atoms with Crippen LogP contribution in [0.25, 0.3) is 0 Å². The smallest absolute Gasteiger partial charge is 0.271 e. The maximum absolute atomic E-state index is 12.7. The van der Waals surface area contributed by atoms with E-state index in [2.05, 4.69) is 15.8 Å². The fourth-order valence-corrected chi connectivity index (χ4v) is 3.80. The SMILES string of the molecule is COc1cc(C(=O)N/N=C/c2cc(Cl)ccc2OCC(=O)Nc2ccc(C)cc2)ccc1OCc1ccccc1. The van der Waals surface area contributed by atoms with Crippen LogP contribution in [0.2, 0.25) is 5.02 Å². The fraction of sp³-hybridized carbons (Fsp3) is 0.129. The van der Waals surface area contributed by atoms with Gasteiger partial charge in [0.25, 0.3) is 11.8 Å². The molecule has 0 fully saturated rings. The summed E-state index contributed by atoms with van der Waals surface area (Å²) in [5.74, 6) is 0.537. The first-order chi connectivity index (χ1) is 19.4. The number of hydrogen-bond donors (Lipinski definition) is 2. The van der Waals surface area contributed by atoms with Gasteiger partial charge in [-0.05, 0) is 61.0 Å². The average Bonchev–Trinajstić information content (AvgIpc) is 2.97. The Kier molecular flexibility index (Phi) is 9.74. The van der Waals surface area contributed by atoms with Crippen molar-refractivity contribution in [1.82, 2.24) is 5.43 Å². The van der Waals surface area contributed by atoms with Crippen molar-refractivity contribution < 1.29 is 23.8 Å². The zero-order valence-electron chi connectivity index (χ0n) is 22.0. The van der Waals surface area contributed by atoms with Crippen LogP contribution in [0.3, 0.4) is 0 Å². The van der Waals surface area contributed by atoms with E-state index >= 15 is 0 Å². The molecular weight excluding hydrogens is 530 g/mol. The Morgan fingerprint density at radius 2 is 1.62 bits per heavy atom. The molecule has 9 heteroatoms. The molecule has 0 heterocycles. The molecule has 0 atom stereocenters. The van der Waals surface area contributed by atoms with Crippen LogP contribution in [0.5, 0.6) is 17.2 Å². The van der Waals surface area contributed by atoms with Crippen LogP contribution in [0.1, 0.15) is 27.0 Å². The lowest BCUT2D eigenvalue weighted by atomic mass is 10.2. The highest BCUT2D eigenvalue weighted by Crippen LogP contribution is 2.29. The van der Waals surface area contributed by atoms with Gasteiger partial charge in [-0.2, -0.15) is 5.10 Å². The molecule has 0 saturated carbocycles. The summed E-state index contributed by atoms with van der Waals surface area (Å²) in [5.41, 5.74) is 6.07. The van der Waals surface area contributed by atoms with Crippen LogP contribution in [0, 0.1) is 6.92 Å².